The minimum absolute atomic E-state index is 0.131. The molecule has 0 spiro atoms. The summed E-state index contributed by atoms with van der Waals surface area (Å²) in [7, 11) is 1.56. The number of fused-ring (bicyclic) bond motifs is 1. The van der Waals surface area contributed by atoms with Crippen molar-refractivity contribution in [3.63, 3.8) is 0 Å². The lowest BCUT2D eigenvalue weighted by molar-refractivity contribution is -0.134. The highest BCUT2D eigenvalue weighted by molar-refractivity contribution is 5.93. The Balaban J connectivity index is 1.26. The van der Waals surface area contributed by atoms with Gasteiger partial charge in [0, 0.05) is 40.7 Å². The molecule has 3 aromatic heterocycles. The number of ether oxygens (including phenoxy) is 3. The number of carbonyl (C=O) groups excluding carboxylic acids is 1. The first-order valence-corrected chi connectivity index (χ1v) is 14.3. The van der Waals surface area contributed by atoms with Gasteiger partial charge in [-0.1, -0.05) is 6.58 Å². The van der Waals surface area contributed by atoms with E-state index in [-0.39, 0.29) is 12.0 Å². The van der Waals surface area contributed by atoms with E-state index in [1.165, 1.54) is 12.4 Å². The molecule has 0 radical (unpaired) electrons. The summed E-state index contributed by atoms with van der Waals surface area (Å²) < 4.78 is 19.5. The van der Waals surface area contributed by atoms with Crippen molar-refractivity contribution in [2.45, 2.75) is 32.5 Å². The van der Waals surface area contributed by atoms with Gasteiger partial charge in [0.25, 0.3) is 0 Å². The number of hydrogen-bond acceptors (Lipinski definition) is 10. The number of likely N-dealkylation sites (tertiary alicyclic amines) is 1. The zero-order valence-corrected chi connectivity index (χ0v) is 25.4. The third kappa shape index (κ3) is 6.27. The molecule has 0 aliphatic carbocycles. The van der Waals surface area contributed by atoms with Crippen molar-refractivity contribution in [2.24, 2.45) is 0 Å². The molecule has 5 aromatic rings. The first-order valence-electron chi connectivity index (χ1n) is 14.3. The Morgan fingerprint density at radius 3 is 2.62 bits per heavy atom. The maximum Gasteiger partial charge on any atom is 0.246 e. The van der Waals surface area contributed by atoms with Gasteiger partial charge < -0.3 is 29.5 Å². The van der Waals surface area contributed by atoms with Gasteiger partial charge in [0.1, 0.15) is 24.0 Å². The minimum Gasteiger partial charge on any atom is -0.493 e. The van der Waals surface area contributed by atoms with Gasteiger partial charge in [-0.3, -0.25) is 9.78 Å². The van der Waals surface area contributed by atoms with Crippen molar-refractivity contribution in [1.29, 1.82) is 0 Å². The molecule has 45 heavy (non-hydrogen) atoms. The standard InChI is InChI=1S/C33H33N7O5/c1-6-31(41)39-17-23(18-39)44-29-14-24-27(15-28(29)43-5)35-19-36-32(24)37-26-10-9-22(13-25(26)33(3,4)42)45-30-11-12-40(38-30)21-8-7-20(2)34-16-21/h6-16,19,23,42H,1,17-18H2,2-5H3,(H,35,36,37). The van der Waals surface area contributed by atoms with Crippen LogP contribution in [0.25, 0.3) is 16.6 Å². The molecular weight excluding hydrogens is 574 g/mol. The fourth-order valence-corrected chi connectivity index (χ4v) is 4.97. The number of anilines is 2. The highest BCUT2D eigenvalue weighted by atomic mass is 16.5. The number of amides is 1. The summed E-state index contributed by atoms with van der Waals surface area (Å²) in [6, 6.07) is 14.6. The number of aliphatic hydroxyl groups is 1. The van der Waals surface area contributed by atoms with Gasteiger partial charge in [-0.05, 0) is 63.2 Å². The molecule has 2 N–H and O–H groups in total. The van der Waals surface area contributed by atoms with Gasteiger partial charge in [-0.2, -0.15) is 0 Å². The number of nitrogens with one attached hydrogen (secondary N) is 1. The molecule has 1 fully saturated rings. The van der Waals surface area contributed by atoms with Crippen LogP contribution in [0.15, 0.2) is 79.9 Å². The summed E-state index contributed by atoms with van der Waals surface area (Å²) in [5.41, 5.74) is 2.35. The number of methoxy groups -OCH3 is 1. The van der Waals surface area contributed by atoms with Crippen molar-refractivity contribution in [1.82, 2.24) is 29.6 Å². The Hall–Kier alpha value is -5.49. The van der Waals surface area contributed by atoms with Crippen molar-refractivity contribution in [3.8, 4) is 28.8 Å². The van der Waals surface area contributed by atoms with E-state index in [9.17, 15) is 9.90 Å². The van der Waals surface area contributed by atoms with Crippen LogP contribution >= 0.6 is 0 Å². The lowest BCUT2D eigenvalue weighted by atomic mass is 9.96. The van der Waals surface area contributed by atoms with Crippen LogP contribution in [0.4, 0.5) is 11.5 Å². The maximum atomic E-state index is 11.9. The summed E-state index contributed by atoms with van der Waals surface area (Å²) >= 11 is 0. The molecule has 1 aliphatic heterocycles. The Morgan fingerprint density at radius 2 is 1.91 bits per heavy atom. The van der Waals surface area contributed by atoms with Crippen LogP contribution in [-0.2, 0) is 10.4 Å². The van der Waals surface area contributed by atoms with Crippen molar-refractivity contribution >= 4 is 28.3 Å². The number of aryl methyl sites for hydroxylation is 1. The zero-order valence-electron chi connectivity index (χ0n) is 25.4. The monoisotopic (exact) mass is 607 g/mol. The van der Waals surface area contributed by atoms with Gasteiger partial charge >= 0.3 is 0 Å². The van der Waals surface area contributed by atoms with Crippen LogP contribution < -0.4 is 19.5 Å². The van der Waals surface area contributed by atoms with Gasteiger partial charge in [0.05, 0.1) is 43.2 Å². The normalized spacial score (nSPS) is 13.3. The van der Waals surface area contributed by atoms with E-state index < -0.39 is 5.60 Å². The minimum atomic E-state index is -1.23. The van der Waals surface area contributed by atoms with Gasteiger partial charge in [-0.15, -0.1) is 5.10 Å². The second-order valence-corrected chi connectivity index (χ2v) is 11.2. The SMILES string of the molecule is C=CC(=O)N1CC(Oc2cc3c(Nc4ccc(Oc5ccn(-c6ccc(C)nc6)n5)cc4C(C)(C)O)ncnc3cc2OC)C1. The number of hydrogen-bond donors (Lipinski definition) is 2. The molecule has 12 heteroatoms. The lowest BCUT2D eigenvalue weighted by Crippen LogP contribution is -2.55. The predicted octanol–water partition coefficient (Wildman–Crippen LogP) is 5.07. The average Bonchev–Trinajstić information content (AvgIpc) is 3.47. The molecule has 0 atom stereocenters. The summed E-state index contributed by atoms with van der Waals surface area (Å²) in [5, 5.41) is 19.7. The average molecular weight is 608 g/mol. The van der Waals surface area contributed by atoms with E-state index in [1.54, 1.807) is 67.2 Å². The highest BCUT2D eigenvalue weighted by Gasteiger charge is 2.32. The largest absolute Gasteiger partial charge is 0.493 e. The molecule has 2 aromatic carbocycles. The molecule has 1 saturated heterocycles. The van der Waals surface area contributed by atoms with Gasteiger partial charge in [-0.25, -0.2) is 14.6 Å². The Kier molecular flexibility index (Phi) is 7.81. The molecule has 0 unspecified atom stereocenters. The molecule has 12 nitrogen and oxygen atoms in total. The molecule has 1 amide bonds. The van der Waals surface area contributed by atoms with Crippen molar-refractivity contribution in [3.05, 3.63) is 91.2 Å². The summed E-state index contributed by atoms with van der Waals surface area (Å²) in [6.07, 6.45) is 6.10. The van der Waals surface area contributed by atoms with E-state index in [0.29, 0.717) is 64.2 Å². The van der Waals surface area contributed by atoms with E-state index in [0.717, 1.165) is 11.4 Å². The van der Waals surface area contributed by atoms with Crippen LogP contribution in [-0.4, -0.2) is 66.9 Å². The Bertz CT molecular complexity index is 1880. The summed E-state index contributed by atoms with van der Waals surface area (Å²) in [5.74, 6) is 2.29. The quantitative estimate of drug-likeness (QED) is 0.207. The fraction of sp³-hybridized carbons (Fsp3) is 0.242. The smallest absolute Gasteiger partial charge is 0.246 e. The van der Waals surface area contributed by atoms with Crippen LogP contribution in [0.3, 0.4) is 0 Å². The number of benzene rings is 2. The lowest BCUT2D eigenvalue weighted by Gasteiger charge is -2.38. The van der Waals surface area contributed by atoms with E-state index in [2.05, 4.69) is 31.9 Å². The van der Waals surface area contributed by atoms with E-state index in [1.807, 2.05) is 31.2 Å². The zero-order chi connectivity index (χ0) is 31.7. The molecule has 0 saturated carbocycles. The number of pyridine rings is 1. The van der Waals surface area contributed by atoms with E-state index >= 15 is 0 Å². The van der Waals surface area contributed by atoms with E-state index in [4.69, 9.17) is 14.2 Å². The van der Waals surface area contributed by atoms with Crippen molar-refractivity contribution in [2.75, 3.05) is 25.5 Å². The first kappa shape index (κ1) is 29.6. The molecule has 0 bridgehead atoms. The highest BCUT2D eigenvalue weighted by Crippen LogP contribution is 2.38. The third-order valence-corrected chi connectivity index (χ3v) is 7.40. The second-order valence-electron chi connectivity index (χ2n) is 11.2. The Morgan fingerprint density at radius 1 is 1.09 bits per heavy atom. The van der Waals surface area contributed by atoms with Crippen molar-refractivity contribution < 1.29 is 24.1 Å². The first-order chi connectivity index (χ1) is 21.6. The number of rotatable bonds is 10. The Labute approximate surface area is 259 Å². The summed E-state index contributed by atoms with van der Waals surface area (Å²) in [4.78, 5) is 26.7. The second kappa shape index (κ2) is 11.9. The topological polar surface area (TPSA) is 137 Å². The molecular formula is C33H33N7O5. The number of aromatic nitrogens is 5. The van der Waals surface area contributed by atoms with Gasteiger partial charge in [0.2, 0.25) is 11.8 Å². The third-order valence-electron chi connectivity index (χ3n) is 7.40. The maximum absolute atomic E-state index is 11.9. The van der Waals surface area contributed by atoms with Crippen LogP contribution in [0.5, 0.6) is 23.1 Å². The molecule has 230 valence electrons. The fourth-order valence-electron chi connectivity index (χ4n) is 4.97. The van der Waals surface area contributed by atoms with Gasteiger partial charge in [0.15, 0.2) is 11.5 Å². The predicted molar refractivity (Wildman–Crippen MR) is 168 cm³/mol. The number of nitrogens with zero attached hydrogens (tertiary/aromatic N) is 6. The molecule has 6 rings (SSSR count). The summed E-state index contributed by atoms with van der Waals surface area (Å²) in [6.45, 7) is 9.77. The van der Waals surface area contributed by atoms with Crippen LogP contribution in [0.2, 0.25) is 0 Å². The molecule has 1 aliphatic rings. The van der Waals surface area contributed by atoms with Crippen LogP contribution in [0, 0.1) is 6.92 Å². The number of carbonyl (C=O) groups is 1. The molecule has 4 heterocycles. The van der Waals surface area contributed by atoms with Crippen LogP contribution in [0.1, 0.15) is 25.1 Å².